The molecule has 0 fully saturated rings. The smallest absolute Gasteiger partial charge is 0.122 e. The highest BCUT2D eigenvalue weighted by atomic mass is 16.5. The molecule has 0 amide bonds. The summed E-state index contributed by atoms with van der Waals surface area (Å²) in [5, 5.41) is 3.39. The molecule has 1 aromatic rings. The Morgan fingerprint density at radius 2 is 1.95 bits per heavy atom. The Morgan fingerprint density at radius 3 is 2.53 bits per heavy atom. The predicted molar refractivity (Wildman–Crippen MR) is 82.9 cm³/mol. The third-order valence-corrected chi connectivity index (χ3v) is 4.12. The molecular weight excluding hydrogens is 234 g/mol. The maximum Gasteiger partial charge on any atom is 0.122 e. The maximum atomic E-state index is 5.50. The van der Waals surface area contributed by atoms with Gasteiger partial charge in [-0.15, -0.1) is 0 Å². The number of nitrogens with one attached hydrogen (secondary N) is 1. The van der Waals surface area contributed by atoms with Gasteiger partial charge in [0.2, 0.25) is 0 Å². The van der Waals surface area contributed by atoms with Gasteiger partial charge in [0.25, 0.3) is 0 Å². The van der Waals surface area contributed by atoms with Crippen LogP contribution in [0, 0.1) is 5.41 Å². The van der Waals surface area contributed by atoms with E-state index < -0.39 is 0 Å². The minimum absolute atomic E-state index is 0.347. The van der Waals surface area contributed by atoms with Crippen molar-refractivity contribution in [2.24, 2.45) is 5.41 Å². The zero-order chi connectivity index (χ0) is 14.1. The first-order chi connectivity index (χ1) is 9.21. The number of unbranched alkanes of at least 4 members (excludes halogenated alkanes) is 1. The third-order valence-electron chi connectivity index (χ3n) is 4.12. The molecule has 0 radical (unpaired) electrons. The van der Waals surface area contributed by atoms with Gasteiger partial charge in [-0.05, 0) is 43.4 Å². The highest BCUT2D eigenvalue weighted by molar-refractivity contribution is 5.34. The van der Waals surface area contributed by atoms with Gasteiger partial charge in [0.05, 0.1) is 7.11 Å². The van der Waals surface area contributed by atoms with Crippen LogP contribution in [0.3, 0.4) is 0 Å². The van der Waals surface area contributed by atoms with E-state index in [9.17, 15) is 0 Å². The number of ether oxygens (including phenoxy) is 1. The van der Waals surface area contributed by atoms with Gasteiger partial charge in [-0.1, -0.05) is 44.9 Å². The topological polar surface area (TPSA) is 21.3 Å². The first kappa shape index (κ1) is 16.0. The average Bonchev–Trinajstić information content (AvgIpc) is 2.45. The summed E-state index contributed by atoms with van der Waals surface area (Å²) in [6, 6.07) is 8.41. The first-order valence-corrected chi connectivity index (χ1v) is 7.48. The second-order valence-corrected chi connectivity index (χ2v) is 5.48. The van der Waals surface area contributed by atoms with Crippen LogP contribution in [-0.2, 0) is 6.42 Å². The van der Waals surface area contributed by atoms with Crippen molar-refractivity contribution < 1.29 is 4.74 Å². The molecule has 1 rings (SSSR count). The molecule has 0 heterocycles. The highest BCUT2D eigenvalue weighted by Crippen LogP contribution is 2.35. The lowest BCUT2D eigenvalue weighted by atomic mass is 9.75. The van der Waals surface area contributed by atoms with Crippen LogP contribution in [0.4, 0.5) is 0 Å². The van der Waals surface area contributed by atoms with Crippen LogP contribution in [0.15, 0.2) is 24.3 Å². The number of methoxy groups -OCH3 is 1. The van der Waals surface area contributed by atoms with E-state index in [2.05, 4.69) is 44.4 Å². The van der Waals surface area contributed by atoms with Crippen LogP contribution in [0.1, 0.15) is 45.1 Å². The average molecular weight is 263 g/mol. The molecule has 0 saturated heterocycles. The zero-order valence-corrected chi connectivity index (χ0v) is 13.0. The molecule has 0 spiro atoms. The monoisotopic (exact) mass is 263 g/mol. The quantitative estimate of drug-likeness (QED) is 0.726. The van der Waals surface area contributed by atoms with Crippen molar-refractivity contribution in [1.29, 1.82) is 0 Å². The van der Waals surface area contributed by atoms with Crippen LogP contribution in [0.5, 0.6) is 5.75 Å². The second kappa shape index (κ2) is 8.21. The Kier molecular flexibility index (Phi) is 6.93. The maximum absolute atomic E-state index is 5.50. The number of hydrogen-bond acceptors (Lipinski definition) is 2. The SMILES string of the molecule is CCCCC(CC)(CNC)Cc1ccccc1OC. The first-order valence-electron chi connectivity index (χ1n) is 7.48. The van der Waals surface area contributed by atoms with Gasteiger partial charge in [-0.3, -0.25) is 0 Å². The van der Waals surface area contributed by atoms with E-state index in [-0.39, 0.29) is 0 Å². The normalized spacial score (nSPS) is 14.1. The molecule has 0 bridgehead atoms. The largest absolute Gasteiger partial charge is 0.496 e. The van der Waals surface area contributed by atoms with Crippen LogP contribution < -0.4 is 10.1 Å². The molecule has 1 unspecified atom stereocenters. The predicted octanol–water partition coefficient (Wildman–Crippen LogP) is 4.04. The van der Waals surface area contributed by atoms with Crippen molar-refractivity contribution in [2.45, 2.75) is 46.0 Å². The highest BCUT2D eigenvalue weighted by Gasteiger charge is 2.28. The summed E-state index contributed by atoms with van der Waals surface area (Å²) in [4.78, 5) is 0. The van der Waals surface area contributed by atoms with Crippen molar-refractivity contribution in [3.63, 3.8) is 0 Å². The summed E-state index contributed by atoms with van der Waals surface area (Å²) in [5.74, 6) is 1.02. The van der Waals surface area contributed by atoms with Crippen molar-refractivity contribution in [2.75, 3.05) is 20.7 Å². The van der Waals surface area contributed by atoms with Crippen molar-refractivity contribution in [3.8, 4) is 5.75 Å². The summed E-state index contributed by atoms with van der Waals surface area (Å²) >= 11 is 0. The van der Waals surface area contributed by atoms with E-state index in [0.717, 1.165) is 18.7 Å². The summed E-state index contributed by atoms with van der Waals surface area (Å²) in [7, 11) is 3.81. The van der Waals surface area contributed by atoms with E-state index in [0.29, 0.717) is 5.41 Å². The van der Waals surface area contributed by atoms with Crippen molar-refractivity contribution in [1.82, 2.24) is 5.32 Å². The lowest BCUT2D eigenvalue weighted by molar-refractivity contribution is 0.232. The van der Waals surface area contributed by atoms with Gasteiger partial charge in [-0.2, -0.15) is 0 Å². The molecule has 108 valence electrons. The van der Waals surface area contributed by atoms with E-state index in [1.807, 2.05) is 6.07 Å². The van der Waals surface area contributed by atoms with E-state index >= 15 is 0 Å². The summed E-state index contributed by atoms with van der Waals surface area (Å²) in [6.07, 6.45) is 6.13. The summed E-state index contributed by atoms with van der Waals surface area (Å²) in [6.45, 7) is 5.65. The van der Waals surface area contributed by atoms with Gasteiger partial charge >= 0.3 is 0 Å². The fraction of sp³-hybridized carbons (Fsp3) is 0.647. The molecule has 0 saturated carbocycles. The van der Waals surface area contributed by atoms with Crippen LogP contribution in [0.25, 0.3) is 0 Å². The Balaban J connectivity index is 2.91. The second-order valence-electron chi connectivity index (χ2n) is 5.48. The minimum Gasteiger partial charge on any atom is -0.496 e. The molecule has 1 N–H and O–H groups in total. The van der Waals surface area contributed by atoms with Crippen LogP contribution in [0.2, 0.25) is 0 Å². The molecule has 0 aliphatic rings. The molecular formula is C17H29NO. The zero-order valence-electron chi connectivity index (χ0n) is 13.0. The number of rotatable bonds is 9. The Hall–Kier alpha value is -1.02. The molecule has 0 aliphatic carbocycles. The van der Waals surface area contributed by atoms with Crippen molar-refractivity contribution >= 4 is 0 Å². The minimum atomic E-state index is 0.347. The molecule has 0 aromatic heterocycles. The fourth-order valence-electron chi connectivity index (χ4n) is 2.85. The van der Waals surface area contributed by atoms with Gasteiger partial charge in [0.15, 0.2) is 0 Å². The van der Waals surface area contributed by atoms with Gasteiger partial charge < -0.3 is 10.1 Å². The van der Waals surface area contributed by atoms with Crippen LogP contribution in [-0.4, -0.2) is 20.7 Å². The van der Waals surface area contributed by atoms with E-state index in [4.69, 9.17) is 4.74 Å². The molecule has 0 aliphatic heterocycles. The Labute approximate surface area is 118 Å². The number of para-hydroxylation sites is 1. The van der Waals surface area contributed by atoms with E-state index in [1.165, 1.54) is 31.2 Å². The molecule has 1 aromatic carbocycles. The molecule has 2 nitrogen and oxygen atoms in total. The summed E-state index contributed by atoms with van der Waals surface area (Å²) < 4.78 is 5.50. The lowest BCUT2D eigenvalue weighted by Gasteiger charge is -2.33. The lowest BCUT2D eigenvalue weighted by Crippen LogP contribution is -2.34. The van der Waals surface area contributed by atoms with Crippen molar-refractivity contribution in [3.05, 3.63) is 29.8 Å². The van der Waals surface area contributed by atoms with Crippen LogP contribution >= 0.6 is 0 Å². The van der Waals surface area contributed by atoms with E-state index in [1.54, 1.807) is 7.11 Å². The molecule has 2 heteroatoms. The Bertz CT molecular complexity index is 364. The Morgan fingerprint density at radius 1 is 1.21 bits per heavy atom. The van der Waals surface area contributed by atoms with Gasteiger partial charge in [0.1, 0.15) is 5.75 Å². The molecule has 19 heavy (non-hydrogen) atoms. The fourth-order valence-corrected chi connectivity index (χ4v) is 2.85. The van der Waals surface area contributed by atoms with Gasteiger partial charge in [0, 0.05) is 6.54 Å². The van der Waals surface area contributed by atoms with Gasteiger partial charge in [-0.25, -0.2) is 0 Å². The third kappa shape index (κ3) is 4.54. The molecule has 1 atom stereocenters. The number of benzene rings is 1. The number of hydrogen-bond donors (Lipinski definition) is 1. The standard InChI is InChI=1S/C17H29NO/c1-5-7-12-17(6-2,14-18-3)13-15-10-8-9-11-16(15)19-4/h8-11,18H,5-7,12-14H2,1-4H3. The summed E-state index contributed by atoms with van der Waals surface area (Å²) in [5.41, 5.74) is 1.68.